The summed E-state index contributed by atoms with van der Waals surface area (Å²) in [6.07, 6.45) is 1.63. The fraction of sp³-hybridized carbons (Fsp3) is 0.154. The number of amides is 3. The highest BCUT2D eigenvalue weighted by molar-refractivity contribution is 9.10. The lowest BCUT2D eigenvalue weighted by atomic mass is 10.2. The second kappa shape index (κ2) is 7.44. The molecule has 3 amide bonds. The van der Waals surface area contributed by atoms with E-state index in [4.69, 9.17) is 10.5 Å². The first-order chi connectivity index (χ1) is 9.38. The largest absolute Gasteiger partial charge is 0.449 e. The second-order valence-corrected chi connectivity index (χ2v) is 4.73. The Kier molecular flexibility index (Phi) is 5.92. The van der Waals surface area contributed by atoms with E-state index in [-0.39, 0.29) is 0 Å². The summed E-state index contributed by atoms with van der Waals surface area (Å²) < 4.78 is 5.73. The number of primary amides is 1. The molecule has 106 valence electrons. The highest BCUT2D eigenvalue weighted by atomic mass is 79.9. The number of nitrogens with two attached hydrogens (primary N) is 1. The van der Waals surface area contributed by atoms with Crippen molar-refractivity contribution in [3.8, 4) is 0 Å². The highest BCUT2D eigenvalue weighted by Gasteiger charge is 2.17. The summed E-state index contributed by atoms with van der Waals surface area (Å²) >= 11 is 3.30. The molecule has 0 saturated carbocycles. The Morgan fingerprint density at radius 1 is 1.30 bits per heavy atom. The van der Waals surface area contributed by atoms with Gasteiger partial charge in [-0.1, -0.05) is 28.1 Å². The molecule has 6 nitrogen and oxygen atoms in total. The number of carbonyl (C=O) groups is 3. The van der Waals surface area contributed by atoms with Crippen LogP contribution in [0.4, 0.5) is 4.79 Å². The fourth-order valence-corrected chi connectivity index (χ4v) is 1.49. The maximum Gasteiger partial charge on any atom is 0.331 e. The Labute approximate surface area is 124 Å². The number of hydrogen-bond donors (Lipinski definition) is 2. The van der Waals surface area contributed by atoms with Crippen LogP contribution in [0.25, 0.3) is 6.08 Å². The van der Waals surface area contributed by atoms with Gasteiger partial charge in [0.25, 0.3) is 5.91 Å². The van der Waals surface area contributed by atoms with Crippen LogP contribution in [-0.2, 0) is 14.3 Å². The zero-order valence-corrected chi connectivity index (χ0v) is 12.2. The van der Waals surface area contributed by atoms with Crippen LogP contribution < -0.4 is 11.1 Å². The third kappa shape index (κ3) is 5.66. The number of carbonyl (C=O) groups excluding carboxylic acids is 3. The molecule has 0 heterocycles. The Morgan fingerprint density at radius 2 is 1.90 bits per heavy atom. The molecular weight excluding hydrogens is 328 g/mol. The Morgan fingerprint density at radius 3 is 2.45 bits per heavy atom. The van der Waals surface area contributed by atoms with Gasteiger partial charge in [-0.15, -0.1) is 0 Å². The normalized spacial score (nSPS) is 11.9. The number of ether oxygens (including phenoxy) is 1. The molecule has 1 aromatic carbocycles. The molecule has 0 unspecified atom stereocenters. The summed E-state index contributed by atoms with van der Waals surface area (Å²) in [5.74, 6) is -1.47. The average molecular weight is 341 g/mol. The molecule has 7 heteroatoms. The maximum atomic E-state index is 11.5. The van der Waals surface area contributed by atoms with Crippen molar-refractivity contribution >= 4 is 39.9 Å². The maximum absolute atomic E-state index is 11.5. The third-order valence-electron chi connectivity index (χ3n) is 2.19. The number of imide groups is 1. The molecule has 1 aromatic rings. The average Bonchev–Trinajstić information content (AvgIpc) is 2.37. The van der Waals surface area contributed by atoms with Gasteiger partial charge in [-0.25, -0.2) is 9.59 Å². The van der Waals surface area contributed by atoms with Crippen molar-refractivity contribution in [3.05, 3.63) is 40.4 Å². The molecule has 0 aliphatic carbocycles. The van der Waals surface area contributed by atoms with E-state index in [9.17, 15) is 14.4 Å². The van der Waals surface area contributed by atoms with Crippen LogP contribution in [0.2, 0.25) is 0 Å². The number of benzene rings is 1. The molecule has 1 atom stereocenters. The zero-order valence-electron chi connectivity index (χ0n) is 10.6. The molecule has 0 aromatic heterocycles. The van der Waals surface area contributed by atoms with E-state index < -0.39 is 24.0 Å². The van der Waals surface area contributed by atoms with Gasteiger partial charge in [-0.3, -0.25) is 10.1 Å². The Hall–Kier alpha value is -2.15. The van der Waals surface area contributed by atoms with E-state index in [2.05, 4.69) is 15.9 Å². The van der Waals surface area contributed by atoms with Crippen LogP contribution in [0.3, 0.4) is 0 Å². The van der Waals surface area contributed by atoms with Gasteiger partial charge >= 0.3 is 12.0 Å². The van der Waals surface area contributed by atoms with Crippen molar-refractivity contribution < 1.29 is 19.1 Å². The number of halogens is 1. The summed E-state index contributed by atoms with van der Waals surface area (Å²) in [5.41, 5.74) is 5.58. The summed E-state index contributed by atoms with van der Waals surface area (Å²) in [6, 6.07) is 6.26. The standard InChI is InChI=1S/C13H13BrN2O4/c1-8(12(18)16-13(15)19)20-11(17)7-4-9-2-5-10(14)6-3-9/h2-8H,1H3,(H3,15,16,18,19)/b7-4+/t8-/m0/s1. The second-order valence-electron chi connectivity index (χ2n) is 3.82. The van der Waals surface area contributed by atoms with Crippen molar-refractivity contribution in [2.75, 3.05) is 0 Å². The first-order valence-electron chi connectivity index (χ1n) is 5.63. The number of esters is 1. The van der Waals surface area contributed by atoms with Crippen LogP contribution in [0.1, 0.15) is 12.5 Å². The summed E-state index contributed by atoms with van der Waals surface area (Å²) in [7, 11) is 0. The lowest BCUT2D eigenvalue weighted by molar-refractivity contribution is -0.149. The van der Waals surface area contributed by atoms with Gasteiger partial charge in [0, 0.05) is 10.5 Å². The molecule has 0 aliphatic rings. The van der Waals surface area contributed by atoms with Gasteiger partial charge in [-0.2, -0.15) is 0 Å². The molecule has 0 fully saturated rings. The van der Waals surface area contributed by atoms with E-state index in [1.165, 1.54) is 13.0 Å². The predicted molar refractivity (Wildman–Crippen MR) is 76.5 cm³/mol. The van der Waals surface area contributed by atoms with Crippen molar-refractivity contribution in [3.63, 3.8) is 0 Å². The molecular formula is C13H13BrN2O4. The van der Waals surface area contributed by atoms with Gasteiger partial charge in [0.05, 0.1) is 0 Å². The fourth-order valence-electron chi connectivity index (χ4n) is 1.23. The third-order valence-corrected chi connectivity index (χ3v) is 2.72. The minimum absolute atomic E-state index is 0.694. The number of rotatable bonds is 4. The quantitative estimate of drug-likeness (QED) is 0.642. The Bertz CT molecular complexity index is 540. The molecule has 0 spiro atoms. The van der Waals surface area contributed by atoms with E-state index in [0.29, 0.717) is 0 Å². The number of nitrogens with one attached hydrogen (secondary N) is 1. The highest BCUT2D eigenvalue weighted by Crippen LogP contribution is 2.11. The van der Waals surface area contributed by atoms with Gasteiger partial charge in [0.2, 0.25) is 0 Å². The van der Waals surface area contributed by atoms with Crippen molar-refractivity contribution in [1.82, 2.24) is 5.32 Å². The predicted octanol–water partition coefficient (Wildman–Crippen LogP) is 1.59. The lowest BCUT2D eigenvalue weighted by Gasteiger charge is -2.09. The molecule has 20 heavy (non-hydrogen) atoms. The SMILES string of the molecule is C[C@H](OC(=O)/C=C/c1ccc(Br)cc1)C(=O)NC(N)=O. The molecule has 0 saturated heterocycles. The van der Waals surface area contributed by atoms with Gasteiger partial charge < -0.3 is 10.5 Å². The molecule has 3 N–H and O–H groups in total. The van der Waals surface area contributed by atoms with Crippen LogP contribution in [-0.4, -0.2) is 24.0 Å². The van der Waals surface area contributed by atoms with Gasteiger partial charge in [0.1, 0.15) is 0 Å². The van der Waals surface area contributed by atoms with E-state index in [1.807, 2.05) is 17.4 Å². The first kappa shape index (κ1) is 15.9. The number of urea groups is 1. The summed E-state index contributed by atoms with van der Waals surface area (Å²) in [5, 5.41) is 1.82. The minimum atomic E-state index is -1.11. The van der Waals surface area contributed by atoms with Crippen LogP contribution in [0.5, 0.6) is 0 Å². The van der Waals surface area contributed by atoms with E-state index >= 15 is 0 Å². The monoisotopic (exact) mass is 340 g/mol. The first-order valence-corrected chi connectivity index (χ1v) is 6.42. The molecule has 0 bridgehead atoms. The minimum Gasteiger partial charge on any atom is -0.449 e. The molecule has 0 radical (unpaired) electrons. The van der Waals surface area contributed by atoms with Crippen molar-refractivity contribution in [1.29, 1.82) is 0 Å². The smallest absolute Gasteiger partial charge is 0.331 e. The van der Waals surface area contributed by atoms with Crippen LogP contribution in [0, 0.1) is 0 Å². The van der Waals surface area contributed by atoms with E-state index in [1.54, 1.807) is 18.2 Å². The van der Waals surface area contributed by atoms with E-state index in [0.717, 1.165) is 10.0 Å². The van der Waals surface area contributed by atoms with Gasteiger partial charge in [0.15, 0.2) is 6.10 Å². The number of hydrogen-bond acceptors (Lipinski definition) is 4. The summed E-state index contributed by atoms with van der Waals surface area (Å²) in [6.45, 7) is 1.34. The van der Waals surface area contributed by atoms with Crippen LogP contribution in [0.15, 0.2) is 34.8 Å². The summed E-state index contributed by atoms with van der Waals surface area (Å²) in [4.78, 5) is 33.2. The van der Waals surface area contributed by atoms with Crippen molar-refractivity contribution in [2.24, 2.45) is 5.73 Å². The topological polar surface area (TPSA) is 98.5 Å². The molecule has 0 aliphatic heterocycles. The van der Waals surface area contributed by atoms with Crippen molar-refractivity contribution in [2.45, 2.75) is 13.0 Å². The Balaban J connectivity index is 2.52. The van der Waals surface area contributed by atoms with Gasteiger partial charge in [-0.05, 0) is 30.7 Å². The lowest BCUT2D eigenvalue weighted by Crippen LogP contribution is -2.42. The zero-order chi connectivity index (χ0) is 15.1. The van der Waals surface area contributed by atoms with Crippen LogP contribution >= 0.6 is 15.9 Å². The molecule has 1 rings (SSSR count).